The van der Waals surface area contributed by atoms with Gasteiger partial charge in [-0.05, 0) is 90.2 Å². The molecule has 232 valence electrons. The minimum atomic E-state index is 0.658. The molecule has 0 saturated heterocycles. The molecule has 0 aliphatic carbocycles. The zero-order chi connectivity index (χ0) is 31.4. The van der Waals surface area contributed by atoms with Crippen LogP contribution < -0.4 is 0 Å². The van der Waals surface area contributed by atoms with Crippen LogP contribution in [0.2, 0.25) is 0 Å². The van der Waals surface area contributed by atoms with E-state index in [0.717, 1.165) is 96.7 Å². The lowest BCUT2D eigenvalue weighted by Crippen LogP contribution is -2.12. The molecule has 0 spiro atoms. The highest BCUT2D eigenvalue weighted by molar-refractivity contribution is 5.91. The van der Waals surface area contributed by atoms with Crippen LogP contribution in [-0.2, 0) is 0 Å². The van der Waals surface area contributed by atoms with Gasteiger partial charge >= 0.3 is 0 Å². The SMILES string of the molecule is CN(C)CCCC/N=C\c1ccc(-c2nc(-c3ccc(/C=N/CCCCN(C)C)cc3)nc3c2ncn3-c2ccccc2)cc1. The summed E-state index contributed by atoms with van der Waals surface area (Å²) in [7, 11) is 8.42. The molecule has 0 radical (unpaired) electrons. The number of benzene rings is 3. The fourth-order valence-electron chi connectivity index (χ4n) is 5.06. The van der Waals surface area contributed by atoms with Crippen molar-refractivity contribution in [2.45, 2.75) is 25.7 Å². The first-order valence-corrected chi connectivity index (χ1v) is 15.8. The molecule has 2 heterocycles. The summed E-state index contributed by atoms with van der Waals surface area (Å²) in [4.78, 5) is 28.6. The molecule has 2 aromatic heterocycles. The minimum Gasteiger partial charge on any atom is -0.309 e. The zero-order valence-corrected chi connectivity index (χ0v) is 27.0. The van der Waals surface area contributed by atoms with Gasteiger partial charge in [-0.2, -0.15) is 0 Å². The maximum atomic E-state index is 5.07. The van der Waals surface area contributed by atoms with Gasteiger partial charge in [0.1, 0.15) is 17.5 Å². The molecule has 8 nitrogen and oxygen atoms in total. The average Bonchev–Trinajstić information content (AvgIpc) is 3.49. The van der Waals surface area contributed by atoms with Crippen molar-refractivity contribution in [3.8, 4) is 28.3 Å². The van der Waals surface area contributed by atoms with E-state index in [1.165, 1.54) is 0 Å². The summed E-state index contributed by atoms with van der Waals surface area (Å²) in [6.07, 6.45) is 10.2. The van der Waals surface area contributed by atoms with Crippen LogP contribution in [0.5, 0.6) is 0 Å². The molecule has 0 atom stereocenters. The first-order valence-electron chi connectivity index (χ1n) is 15.8. The first kappa shape index (κ1) is 31.9. The maximum absolute atomic E-state index is 5.07. The molecule has 5 rings (SSSR count). The maximum Gasteiger partial charge on any atom is 0.169 e. The summed E-state index contributed by atoms with van der Waals surface area (Å²) >= 11 is 0. The second kappa shape index (κ2) is 16.0. The van der Waals surface area contributed by atoms with Gasteiger partial charge < -0.3 is 9.80 Å². The second-order valence-electron chi connectivity index (χ2n) is 11.9. The molecular weight excluding hydrogens is 556 g/mol. The molecule has 5 aromatic rings. The number of aromatic nitrogens is 4. The molecule has 0 saturated carbocycles. The van der Waals surface area contributed by atoms with Crippen LogP contribution in [0.1, 0.15) is 36.8 Å². The van der Waals surface area contributed by atoms with Crippen molar-refractivity contribution in [3.05, 3.63) is 96.3 Å². The number of imidazole rings is 1. The fourth-order valence-corrected chi connectivity index (χ4v) is 5.06. The van der Waals surface area contributed by atoms with Gasteiger partial charge in [0.25, 0.3) is 0 Å². The fraction of sp³-hybridized carbons (Fsp3) is 0.324. The van der Waals surface area contributed by atoms with Crippen molar-refractivity contribution in [2.75, 3.05) is 54.4 Å². The van der Waals surface area contributed by atoms with Crippen LogP contribution in [0.4, 0.5) is 0 Å². The molecule has 0 fully saturated rings. The van der Waals surface area contributed by atoms with Crippen LogP contribution in [-0.4, -0.2) is 96.1 Å². The van der Waals surface area contributed by atoms with Crippen LogP contribution >= 0.6 is 0 Å². The van der Waals surface area contributed by atoms with Crippen LogP contribution in [0.3, 0.4) is 0 Å². The van der Waals surface area contributed by atoms with Crippen LogP contribution in [0.25, 0.3) is 39.5 Å². The van der Waals surface area contributed by atoms with Crippen molar-refractivity contribution in [3.63, 3.8) is 0 Å². The van der Waals surface area contributed by atoms with Gasteiger partial charge in [-0.1, -0.05) is 66.7 Å². The quantitative estimate of drug-likeness (QED) is 0.0991. The highest BCUT2D eigenvalue weighted by Gasteiger charge is 2.17. The molecule has 45 heavy (non-hydrogen) atoms. The molecule has 0 amide bonds. The monoisotopic (exact) mass is 600 g/mol. The molecule has 0 N–H and O–H groups in total. The third-order valence-electron chi connectivity index (χ3n) is 7.55. The van der Waals surface area contributed by atoms with Crippen molar-refractivity contribution in [1.29, 1.82) is 0 Å². The predicted octanol–water partition coefficient (Wildman–Crippen LogP) is 6.67. The first-order chi connectivity index (χ1) is 22.0. The van der Waals surface area contributed by atoms with Gasteiger partial charge in [-0.25, -0.2) is 15.0 Å². The third-order valence-corrected chi connectivity index (χ3v) is 7.55. The Bertz CT molecular complexity index is 1690. The zero-order valence-electron chi connectivity index (χ0n) is 27.0. The van der Waals surface area contributed by atoms with E-state index in [9.17, 15) is 0 Å². The van der Waals surface area contributed by atoms with Gasteiger partial charge in [0.15, 0.2) is 11.5 Å². The normalized spacial score (nSPS) is 12.0. The Hall–Kier alpha value is -4.53. The number of hydrogen-bond donors (Lipinski definition) is 0. The second-order valence-corrected chi connectivity index (χ2v) is 11.9. The van der Waals surface area contributed by atoms with Gasteiger partial charge in [-0.3, -0.25) is 14.6 Å². The number of fused-ring (bicyclic) bond motifs is 1. The van der Waals surface area contributed by atoms with Crippen LogP contribution in [0.15, 0.2) is 95.2 Å². The van der Waals surface area contributed by atoms with E-state index in [-0.39, 0.29) is 0 Å². The highest BCUT2D eigenvalue weighted by Crippen LogP contribution is 2.30. The van der Waals surface area contributed by atoms with Crippen molar-refractivity contribution < 1.29 is 0 Å². The van der Waals surface area contributed by atoms with Crippen LogP contribution in [0, 0.1) is 0 Å². The Kier molecular flexibility index (Phi) is 11.3. The van der Waals surface area contributed by atoms with Crippen molar-refractivity contribution >= 4 is 23.6 Å². The molecule has 8 heteroatoms. The van der Waals surface area contributed by atoms with E-state index < -0.39 is 0 Å². The molecular formula is C37H44N8. The Morgan fingerprint density at radius 2 is 1.20 bits per heavy atom. The number of aliphatic imine (C=N–C) groups is 2. The van der Waals surface area contributed by atoms with Gasteiger partial charge in [0.05, 0.1) is 0 Å². The Morgan fingerprint density at radius 3 is 1.76 bits per heavy atom. The summed E-state index contributed by atoms with van der Waals surface area (Å²) in [6.45, 7) is 3.86. The average molecular weight is 601 g/mol. The van der Waals surface area contributed by atoms with E-state index >= 15 is 0 Å². The summed E-state index contributed by atoms with van der Waals surface area (Å²) in [6, 6.07) is 26.9. The van der Waals surface area contributed by atoms with E-state index in [1.807, 2.05) is 41.5 Å². The van der Waals surface area contributed by atoms with E-state index in [1.54, 1.807) is 0 Å². The van der Waals surface area contributed by atoms with Crippen molar-refractivity contribution in [2.24, 2.45) is 9.98 Å². The van der Waals surface area contributed by atoms with Gasteiger partial charge in [-0.15, -0.1) is 0 Å². The van der Waals surface area contributed by atoms with Crippen molar-refractivity contribution in [1.82, 2.24) is 29.3 Å². The Labute approximate surface area is 267 Å². The third kappa shape index (κ3) is 9.00. The number of unbranched alkanes of at least 4 members (excludes halogenated alkanes) is 2. The summed E-state index contributed by atoms with van der Waals surface area (Å²) < 4.78 is 2.03. The van der Waals surface area contributed by atoms with Gasteiger partial charge in [0.2, 0.25) is 0 Å². The lowest BCUT2D eigenvalue weighted by atomic mass is 10.1. The molecule has 3 aromatic carbocycles. The highest BCUT2D eigenvalue weighted by atomic mass is 15.1. The Balaban J connectivity index is 1.40. The predicted molar refractivity (Wildman–Crippen MR) is 188 cm³/mol. The van der Waals surface area contributed by atoms with Gasteiger partial charge in [0, 0.05) is 42.3 Å². The Morgan fingerprint density at radius 1 is 0.644 bits per heavy atom. The number of rotatable bonds is 15. The van der Waals surface area contributed by atoms with E-state index in [4.69, 9.17) is 15.0 Å². The smallest absolute Gasteiger partial charge is 0.169 e. The largest absolute Gasteiger partial charge is 0.309 e. The van der Waals surface area contributed by atoms with E-state index in [0.29, 0.717) is 5.82 Å². The summed E-state index contributed by atoms with van der Waals surface area (Å²) in [5, 5.41) is 0. The lowest BCUT2D eigenvalue weighted by Gasteiger charge is -2.09. The topological polar surface area (TPSA) is 74.8 Å². The molecule has 0 aliphatic heterocycles. The number of nitrogens with zero attached hydrogens (tertiary/aromatic N) is 8. The summed E-state index contributed by atoms with van der Waals surface area (Å²) in [5.74, 6) is 0.658. The minimum absolute atomic E-state index is 0.658. The molecule has 0 unspecified atom stereocenters. The lowest BCUT2D eigenvalue weighted by molar-refractivity contribution is 0.396. The number of para-hydroxylation sites is 1. The molecule has 0 aliphatic rings. The summed E-state index contributed by atoms with van der Waals surface area (Å²) in [5.41, 5.74) is 7.42. The van der Waals surface area contributed by atoms with E-state index in [2.05, 4.69) is 109 Å². The standard InChI is InChI=1S/C37H44N8/c1-43(2)24-10-8-22-38-26-29-14-18-31(19-15-29)34-35-37(45(28-40-35)33-12-6-5-7-13-33)42-36(41-34)32-20-16-30(17-21-32)27-39-23-9-11-25-44(3)4/h5-7,12-21,26-28H,8-11,22-25H2,1-4H3/b38-26-,39-27+. The molecule has 0 bridgehead atoms. The number of hydrogen-bond acceptors (Lipinski definition) is 7.